The van der Waals surface area contributed by atoms with Gasteiger partial charge in [0, 0.05) is 12.3 Å². The predicted molar refractivity (Wildman–Crippen MR) is 57.4 cm³/mol. The van der Waals surface area contributed by atoms with E-state index in [2.05, 4.69) is 0 Å². The molecule has 80 valence electrons. The SMILES string of the molecule is CC1CC(=O)N(c2ccccc2C#N)C1=O. The standard InChI is InChI=1S/C12H10N2O2/c1-8-6-11(15)14(12(8)16)10-5-3-2-4-9(10)7-13/h2-5,8H,6H2,1H3. The number of imide groups is 1. The molecule has 2 amide bonds. The van der Waals surface area contributed by atoms with Crippen LogP contribution in [0.5, 0.6) is 0 Å². The fraction of sp³-hybridized carbons (Fsp3) is 0.250. The molecule has 1 unspecified atom stereocenters. The number of carbonyl (C=O) groups excluding carboxylic acids is 2. The zero-order valence-electron chi connectivity index (χ0n) is 8.80. The summed E-state index contributed by atoms with van der Waals surface area (Å²) in [4.78, 5) is 24.6. The average Bonchev–Trinajstić information content (AvgIpc) is 2.53. The van der Waals surface area contributed by atoms with Gasteiger partial charge in [-0.1, -0.05) is 19.1 Å². The van der Waals surface area contributed by atoms with E-state index < -0.39 is 0 Å². The Bertz CT molecular complexity index is 502. The van der Waals surface area contributed by atoms with Crippen LogP contribution < -0.4 is 4.90 Å². The molecule has 0 aliphatic carbocycles. The van der Waals surface area contributed by atoms with Gasteiger partial charge in [-0.3, -0.25) is 9.59 Å². The Hall–Kier alpha value is -2.15. The summed E-state index contributed by atoms with van der Waals surface area (Å²) in [6.45, 7) is 1.72. The maximum Gasteiger partial charge on any atom is 0.237 e. The van der Waals surface area contributed by atoms with E-state index in [1.807, 2.05) is 6.07 Å². The predicted octanol–water partition coefficient (Wildman–Crippen LogP) is 1.46. The van der Waals surface area contributed by atoms with E-state index in [-0.39, 0.29) is 24.2 Å². The number of hydrogen-bond donors (Lipinski definition) is 0. The van der Waals surface area contributed by atoms with Gasteiger partial charge in [-0.05, 0) is 12.1 Å². The van der Waals surface area contributed by atoms with Gasteiger partial charge in [-0.15, -0.1) is 0 Å². The van der Waals surface area contributed by atoms with Gasteiger partial charge in [0.2, 0.25) is 11.8 Å². The van der Waals surface area contributed by atoms with Crippen molar-refractivity contribution >= 4 is 17.5 Å². The maximum atomic E-state index is 11.8. The Morgan fingerprint density at radius 2 is 2.06 bits per heavy atom. The number of benzene rings is 1. The Balaban J connectivity index is 2.49. The molecule has 0 radical (unpaired) electrons. The van der Waals surface area contributed by atoms with Gasteiger partial charge in [-0.2, -0.15) is 5.26 Å². The number of carbonyl (C=O) groups is 2. The number of amides is 2. The largest absolute Gasteiger partial charge is 0.274 e. The fourth-order valence-corrected chi connectivity index (χ4v) is 1.80. The van der Waals surface area contributed by atoms with Gasteiger partial charge in [0.1, 0.15) is 6.07 Å². The van der Waals surface area contributed by atoms with Crippen LogP contribution in [0.3, 0.4) is 0 Å². The molecule has 1 fully saturated rings. The van der Waals surface area contributed by atoms with Gasteiger partial charge in [0.15, 0.2) is 0 Å². The highest BCUT2D eigenvalue weighted by Crippen LogP contribution is 2.28. The Labute approximate surface area is 93.1 Å². The molecular weight excluding hydrogens is 204 g/mol. The third-order valence-electron chi connectivity index (χ3n) is 2.64. The lowest BCUT2D eigenvalue weighted by Gasteiger charge is -2.15. The van der Waals surface area contributed by atoms with Gasteiger partial charge in [-0.25, -0.2) is 4.90 Å². The molecule has 0 aromatic heterocycles. The molecule has 0 saturated carbocycles. The minimum Gasteiger partial charge on any atom is -0.274 e. The third-order valence-corrected chi connectivity index (χ3v) is 2.64. The van der Waals surface area contributed by atoms with Crippen LogP contribution in [0.1, 0.15) is 18.9 Å². The van der Waals surface area contributed by atoms with Crippen LogP contribution >= 0.6 is 0 Å². The van der Waals surface area contributed by atoms with Crippen LogP contribution in [0.4, 0.5) is 5.69 Å². The highest BCUT2D eigenvalue weighted by atomic mass is 16.2. The summed E-state index contributed by atoms with van der Waals surface area (Å²) in [5, 5.41) is 8.92. The van der Waals surface area contributed by atoms with Crippen LogP contribution in [0.15, 0.2) is 24.3 Å². The molecule has 0 spiro atoms. The zero-order valence-corrected chi connectivity index (χ0v) is 8.80. The van der Waals surface area contributed by atoms with E-state index in [1.54, 1.807) is 31.2 Å². The van der Waals surface area contributed by atoms with Gasteiger partial charge < -0.3 is 0 Å². The monoisotopic (exact) mass is 214 g/mol. The van der Waals surface area contributed by atoms with Gasteiger partial charge in [0.05, 0.1) is 11.3 Å². The van der Waals surface area contributed by atoms with Crippen LogP contribution in [0.2, 0.25) is 0 Å². The van der Waals surface area contributed by atoms with Gasteiger partial charge in [0.25, 0.3) is 0 Å². The zero-order chi connectivity index (χ0) is 11.7. The lowest BCUT2D eigenvalue weighted by Crippen LogP contribution is -2.30. The summed E-state index contributed by atoms with van der Waals surface area (Å²) in [6.07, 6.45) is 0.221. The molecule has 1 aromatic carbocycles. The minimum absolute atomic E-state index is 0.221. The molecule has 4 heteroatoms. The quantitative estimate of drug-likeness (QED) is 0.665. The topological polar surface area (TPSA) is 61.2 Å². The van der Waals surface area contributed by atoms with Crippen molar-refractivity contribution in [3.8, 4) is 6.07 Å². The molecule has 1 aliphatic rings. The molecule has 1 aliphatic heterocycles. The second kappa shape index (κ2) is 3.78. The number of para-hydroxylation sites is 1. The number of rotatable bonds is 1. The summed E-state index contributed by atoms with van der Waals surface area (Å²) in [5.41, 5.74) is 0.739. The Kier molecular flexibility index (Phi) is 2.45. The van der Waals surface area contributed by atoms with Crippen LogP contribution in [0.25, 0.3) is 0 Å². The summed E-state index contributed by atoms with van der Waals surface area (Å²) in [7, 11) is 0. The smallest absolute Gasteiger partial charge is 0.237 e. The number of nitrogens with zero attached hydrogens (tertiary/aromatic N) is 2. The van der Waals surface area contributed by atoms with Gasteiger partial charge >= 0.3 is 0 Å². The Morgan fingerprint density at radius 3 is 2.62 bits per heavy atom. The van der Waals surface area contributed by atoms with Crippen molar-refractivity contribution in [3.63, 3.8) is 0 Å². The molecule has 0 N–H and O–H groups in total. The van der Waals surface area contributed by atoms with E-state index >= 15 is 0 Å². The first kappa shape index (κ1) is 10.4. The van der Waals surface area contributed by atoms with E-state index in [0.717, 1.165) is 4.90 Å². The molecular formula is C12H10N2O2. The lowest BCUT2D eigenvalue weighted by atomic mass is 10.1. The van der Waals surface area contributed by atoms with E-state index in [9.17, 15) is 9.59 Å². The van der Waals surface area contributed by atoms with Crippen molar-refractivity contribution in [2.45, 2.75) is 13.3 Å². The molecule has 4 nitrogen and oxygen atoms in total. The first-order chi connectivity index (χ1) is 7.65. The van der Waals surface area contributed by atoms with Crippen molar-refractivity contribution in [2.24, 2.45) is 5.92 Å². The van der Waals surface area contributed by atoms with E-state index in [1.165, 1.54) is 0 Å². The molecule has 16 heavy (non-hydrogen) atoms. The fourth-order valence-electron chi connectivity index (χ4n) is 1.80. The number of anilines is 1. The highest BCUT2D eigenvalue weighted by Gasteiger charge is 2.37. The van der Waals surface area contributed by atoms with Crippen LogP contribution in [0, 0.1) is 17.2 Å². The Morgan fingerprint density at radius 1 is 1.38 bits per heavy atom. The summed E-state index contributed by atoms with van der Waals surface area (Å²) in [5.74, 6) is -0.757. The maximum absolute atomic E-state index is 11.8. The molecule has 2 rings (SSSR count). The van der Waals surface area contributed by atoms with E-state index in [0.29, 0.717) is 11.3 Å². The first-order valence-electron chi connectivity index (χ1n) is 5.01. The number of nitriles is 1. The lowest BCUT2D eigenvalue weighted by molar-refractivity contribution is -0.122. The average molecular weight is 214 g/mol. The molecule has 0 bridgehead atoms. The van der Waals surface area contributed by atoms with Crippen LogP contribution in [-0.2, 0) is 9.59 Å². The summed E-state index contributed by atoms with van der Waals surface area (Å²) in [6, 6.07) is 8.61. The van der Waals surface area contributed by atoms with Crippen LogP contribution in [-0.4, -0.2) is 11.8 Å². The molecule has 1 atom stereocenters. The second-order valence-corrected chi connectivity index (χ2v) is 3.80. The highest BCUT2D eigenvalue weighted by molar-refractivity contribution is 6.21. The van der Waals surface area contributed by atoms with Crippen molar-refractivity contribution in [1.29, 1.82) is 5.26 Å². The molecule has 1 saturated heterocycles. The van der Waals surface area contributed by atoms with Crippen molar-refractivity contribution in [2.75, 3.05) is 4.90 Å². The molecule has 1 aromatic rings. The summed E-state index contributed by atoms with van der Waals surface area (Å²) >= 11 is 0. The molecule has 1 heterocycles. The van der Waals surface area contributed by atoms with Crippen molar-refractivity contribution < 1.29 is 9.59 Å². The first-order valence-corrected chi connectivity index (χ1v) is 5.01. The minimum atomic E-state index is -0.292. The van der Waals surface area contributed by atoms with E-state index in [4.69, 9.17) is 5.26 Å². The second-order valence-electron chi connectivity index (χ2n) is 3.80. The third kappa shape index (κ3) is 1.47. The van der Waals surface area contributed by atoms with Crippen molar-refractivity contribution in [3.05, 3.63) is 29.8 Å². The number of hydrogen-bond acceptors (Lipinski definition) is 3. The normalized spacial score (nSPS) is 20.0. The van der Waals surface area contributed by atoms with Crippen molar-refractivity contribution in [1.82, 2.24) is 0 Å². The summed E-state index contributed by atoms with van der Waals surface area (Å²) < 4.78 is 0.